The number of hydrogen-bond donors (Lipinski definition) is 1. The molecule has 0 bridgehead atoms. The zero-order chi connectivity index (χ0) is 20.5. The molecule has 1 amide bonds. The fraction of sp³-hybridized carbons (Fsp3) is 0.100. The predicted molar refractivity (Wildman–Crippen MR) is 104 cm³/mol. The number of aliphatic hydroxyl groups excluding tert-OH is 1. The zero-order valence-electron chi connectivity index (χ0n) is 14.8. The second kappa shape index (κ2) is 7.36. The maximum absolute atomic E-state index is 12.8. The second-order valence-corrected chi connectivity index (χ2v) is 7.31. The van der Waals surface area contributed by atoms with Crippen LogP contribution in [-0.4, -0.2) is 26.6 Å². The van der Waals surface area contributed by atoms with Crippen molar-refractivity contribution in [3.63, 3.8) is 0 Å². The molecule has 29 heavy (non-hydrogen) atoms. The van der Waals surface area contributed by atoms with Gasteiger partial charge >= 0.3 is 0 Å². The maximum atomic E-state index is 12.8. The van der Waals surface area contributed by atoms with Crippen molar-refractivity contribution < 1.29 is 24.0 Å². The maximum Gasteiger partial charge on any atom is 0.296 e. The summed E-state index contributed by atoms with van der Waals surface area (Å²) in [4.78, 5) is 38.0. The van der Waals surface area contributed by atoms with E-state index in [0.717, 1.165) is 0 Å². The molecule has 1 saturated heterocycles. The Balaban J connectivity index is 1.85. The Hall–Kier alpha value is -3.72. The molecule has 2 aromatic heterocycles. The SMILES string of the molecule is O=C1C(=O)N(Cc2ccco2)[C@@H](c2cccs2)/C1=C(\O)c1cccc([N+](=O)[O-])c1. The third-order valence-corrected chi connectivity index (χ3v) is 5.51. The molecule has 0 unspecified atom stereocenters. The average Bonchev–Trinajstić information content (AvgIpc) is 3.46. The highest BCUT2D eigenvalue weighted by molar-refractivity contribution is 7.10. The Morgan fingerprint density at radius 1 is 1.21 bits per heavy atom. The number of nitrogens with zero attached hydrogens (tertiary/aromatic N) is 2. The highest BCUT2D eigenvalue weighted by atomic mass is 32.1. The summed E-state index contributed by atoms with van der Waals surface area (Å²) in [7, 11) is 0. The van der Waals surface area contributed by atoms with Crippen molar-refractivity contribution in [1.29, 1.82) is 0 Å². The van der Waals surface area contributed by atoms with Crippen LogP contribution in [0.15, 0.2) is 70.2 Å². The van der Waals surface area contributed by atoms with Gasteiger partial charge in [0.1, 0.15) is 17.6 Å². The van der Waals surface area contributed by atoms with E-state index in [4.69, 9.17) is 4.42 Å². The number of benzene rings is 1. The van der Waals surface area contributed by atoms with Crippen molar-refractivity contribution in [2.24, 2.45) is 0 Å². The number of carbonyl (C=O) groups is 2. The van der Waals surface area contributed by atoms with Crippen LogP contribution >= 0.6 is 11.3 Å². The van der Waals surface area contributed by atoms with Crippen molar-refractivity contribution in [3.05, 3.63) is 92.1 Å². The normalized spacial score (nSPS) is 18.3. The molecule has 9 heteroatoms. The fourth-order valence-corrected chi connectivity index (χ4v) is 4.12. The summed E-state index contributed by atoms with van der Waals surface area (Å²) in [6, 6.07) is 11.4. The van der Waals surface area contributed by atoms with Gasteiger partial charge in [-0.2, -0.15) is 0 Å². The molecule has 1 aliphatic heterocycles. The van der Waals surface area contributed by atoms with Gasteiger partial charge in [-0.05, 0) is 23.6 Å². The van der Waals surface area contributed by atoms with Crippen LogP contribution in [0, 0.1) is 10.1 Å². The van der Waals surface area contributed by atoms with Gasteiger partial charge in [-0.1, -0.05) is 18.2 Å². The molecule has 3 aromatic rings. The van der Waals surface area contributed by atoms with Crippen LogP contribution in [0.1, 0.15) is 22.2 Å². The number of ketones is 1. The molecule has 1 aliphatic rings. The number of amides is 1. The number of carbonyl (C=O) groups excluding carboxylic acids is 2. The Bertz CT molecular complexity index is 1120. The van der Waals surface area contributed by atoms with Crippen molar-refractivity contribution >= 4 is 34.5 Å². The minimum atomic E-state index is -0.848. The summed E-state index contributed by atoms with van der Waals surface area (Å²) in [6.07, 6.45) is 1.47. The van der Waals surface area contributed by atoms with E-state index in [-0.39, 0.29) is 23.4 Å². The lowest BCUT2D eigenvalue weighted by atomic mass is 9.99. The number of nitro groups is 1. The highest BCUT2D eigenvalue weighted by Crippen LogP contribution is 2.42. The zero-order valence-corrected chi connectivity index (χ0v) is 15.7. The van der Waals surface area contributed by atoms with E-state index in [1.165, 1.54) is 46.8 Å². The Morgan fingerprint density at radius 3 is 2.69 bits per heavy atom. The summed E-state index contributed by atoms with van der Waals surface area (Å²) in [5.74, 6) is -1.58. The molecule has 0 saturated carbocycles. The summed E-state index contributed by atoms with van der Waals surface area (Å²) in [5, 5.41) is 23.7. The molecule has 1 N–H and O–H groups in total. The molecule has 8 nitrogen and oxygen atoms in total. The number of hydrogen-bond acceptors (Lipinski definition) is 7. The largest absolute Gasteiger partial charge is 0.507 e. The van der Waals surface area contributed by atoms with Gasteiger partial charge in [0.25, 0.3) is 17.4 Å². The highest BCUT2D eigenvalue weighted by Gasteiger charge is 2.46. The van der Waals surface area contributed by atoms with Crippen LogP contribution in [0.3, 0.4) is 0 Å². The van der Waals surface area contributed by atoms with E-state index in [1.807, 2.05) is 0 Å². The molecule has 0 spiro atoms. The number of non-ortho nitro benzene ring substituents is 1. The topological polar surface area (TPSA) is 114 Å². The Labute approximate surface area is 168 Å². The van der Waals surface area contributed by atoms with Gasteiger partial charge in [-0.3, -0.25) is 19.7 Å². The quantitative estimate of drug-likeness (QED) is 0.225. The first-order valence-corrected chi connectivity index (χ1v) is 9.44. The van der Waals surface area contributed by atoms with Crippen LogP contribution in [0.25, 0.3) is 5.76 Å². The third kappa shape index (κ3) is 3.32. The van der Waals surface area contributed by atoms with Crippen LogP contribution in [-0.2, 0) is 16.1 Å². The summed E-state index contributed by atoms with van der Waals surface area (Å²) >= 11 is 1.33. The molecular weight excluding hydrogens is 396 g/mol. The first-order chi connectivity index (χ1) is 14.0. The molecule has 0 radical (unpaired) electrons. The Kier molecular flexibility index (Phi) is 4.73. The lowest BCUT2D eigenvalue weighted by Gasteiger charge is -2.23. The van der Waals surface area contributed by atoms with Gasteiger partial charge in [0.2, 0.25) is 0 Å². The number of rotatable bonds is 5. The van der Waals surface area contributed by atoms with Gasteiger partial charge < -0.3 is 14.4 Å². The van der Waals surface area contributed by atoms with Crippen LogP contribution in [0.2, 0.25) is 0 Å². The molecular formula is C20H14N2O6S. The fourth-order valence-electron chi connectivity index (χ4n) is 3.28. The molecule has 146 valence electrons. The van der Waals surface area contributed by atoms with Crippen molar-refractivity contribution in [2.45, 2.75) is 12.6 Å². The van der Waals surface area contributed by atoms with E-state index in [1.54, 1.807) is 29.6 Å². The Morgan fingerprint density at radius 2 is 2.03 bits per heavy atom. The lowest BCUT2D eigenvalue weighted by molar-refractivity contribution is -0.384. The molecule has 1 fully saturated rings. The monoisotopic (exact) mass is 410 g/mol. The van der Waals surface area contributed by atoms with E-state index in [9.17, 15) is 24.8 Å². The minimum Gasteiger partial charge on any atom is -0.507 e. The standard InChI is InChI=1S/C20H14N2O6S/c23-18(12-4-1-5-13(10-12)22(26)27)16-17(15-7-3-9-29-15)21(20(25)19(16)24)11-14-6-2-8-28-14/h1-10,17,23H,11H2/b18-16+/t17-/m0/s1. The molecule has 4 rings (SSSR count). The molecule has 1 atom stereocenters. The third-order valence-electron chi connectivity index (χ3n) is 4.59. The number of aliphatic hydroxyl groups is 1. The van der Waals surface area contributed by atoms with Crippen LogP contribution in [0.4, 0.5) is 5.69 Å². The number of nitro benzene ring substituents is 1. The lowest BCUT2D eigenvalue weighted by Crippen LogP contribution is -2.28. The molecule has 0 aliphatic carbocycles. The predicted octanol–water partition coefficient (Wildman–Crippen LogP) is 3.87. The second-order valence-electron chi connectivity index (χ2n) is 6.33. The van der Waals surface area contributed by atoms with Gasteiger partial charge in [0, 0.05) is 22.6 Å². The van der Waals surface area contributed by atoms with Crippen LogP contribution in [0.5, 0.6) is 0 Å². The average molecular weight is 410 g/mol. The summed E-state index contributed by atoms with van der Waals surface area (Å²) in [5.41, 5.74) is -0.243. The number of thiophene rings is 1. The first kappa shape index (κ1) is 18.6. The van der Waals surface area contributed by atoms with E-state index in [0.29, 0.717) is 10.6 Å². The van der Waals surface area contributed by atoms with Crippen molar-refractivity contribution in [3.8, 4) is 0 Å². The van der Waals surface area contributed by atoms with Gasteiger partial charge in [-0.25, -0.2) is 0 Å². The first-order valence-electron chi connectivity index (χ1n) is 8.56. The van der Waals surface area contributed by atoms with E-state index < -0.39 is 28.4 Å². The van der Waals surface area contributed by atoms with E-state index >= 15 is 0 Å². The van der Waals surface area contributed by atoms with Gasteiger partial charge in [0.05, 0.1) is 23.3 Å². The van der Waals surface area contributed by atoms with E-state index in [2.05, 4.69) is 0 Å². The van der Waals surface area contributed by atoms with Crippen molar-refractivity contribution in [2.75, 3.05) is 0 Å². The number of furan rings is 1. The van der Waals surface area contributed by atoms with Gasteiger partial charge in [-0.15, -0.1) is 11.3 Å². The smallest absolute Gasteiger partial charge is 0.296 e. The number of likely N-dealkylation sites (tertiary alicyclic amines) is 1. The summed E-state index contributed by atoms with van der Waals surface area (Å²) in [6.45, 7) is 0.0475. The molecule has 1 aromatic carbocycles. The number of Topliss-reactive ketones (excluding diaryl/α,β-unsaturated/α-hetero) is 1. The molecule has 3 heterocycles. The summed E-state index contributed by atoms with van der Waals surface area (Å²) < 4.78 is 5.31. The van der Waals surface area contributed by atoms with Gasteiger partial charge in [0.15, 0.2) is 0 Å². The minimum absolute atomic E-state index is 0.0475. The van der Waals surface area contributed by atoms with Crippen molar-refractivity contribution in [1.82, 2.24) is 4.90 Å². The van der Waals surface area contributed by atoms with Crippen LogP contribution < -0.4 is 0 Å².